The second-order valence-corrected chi connectivity index (χ2v) is 7.46. The molecule has 4 heterocycles. The van der Waals surface area contributed by atoms with E-state index < -0.39 is 6.04 Å². The molecule has 0 aliphatic carbocycles. The number of carbonyl (C=O) groups is 1. The summed E-state index contributed by atoms with van der Waals surface area (Å²) in [5, 5.41) is 6.39. The standard InChI is InChI=1S/C19H20N6O2S/c1-14(25-17(26)6-5-15(22-25)16-4-2-13-28-16)18(27)23-9-11-24(12-10-23)19-20-7-3-8-21-19/h2-8,13-14H,9-12H2,1H3. The van der Waals surface area contributed by atoms with Crippen molar-refractivity contribution in [3.63, 3.8) is 0 Å². The van der Waals surface area contributed by atoms with Gasteiger partial charge in [0, 0.05) is 44.6 Å². The topological polar surface area (TPSA) is 84.2 Å². The molecule has 1 fully saturated rings. The van der Waals surface area contributed by atoms with Crippen molar-refractivity contribution in [2.24, 2.45) is 0 Å². The lowest BCUT2D eigenvalue weighted by Crippen LogP contribution is -2.51. The van der Waals surface area contributed by atoms with Crippen molar-refractivity contribution in [1.29, 1.82) is 0 Å². The maximum absolute atomic E-state index is 13.0. The molecule has 0 N–H and O–H groups in total. The Kier molecular flexibility index (Phi) is 5.16. The molecule has 0 bridgehead atoms. The minimum absolute atomic E-state index is 0.105. The number of anilines is 1. The van der Waals surface area contributed by atoms with Gasteiger partial charge in [0.1, 0.15) is 11.7 Å². The van der Waals surface area contributed by atoms with Crippen LogP contribution in [-0.2, 0) is 4.79 Å². The molecule has 1 aliphatic rings. The van der Waals surface area contributed by atoms with Gasteiger partial charge in [-0.3, -0.25) is 9.59 Å². The fourth-order valence-corrected chi connectivity index (χ4v) is 3.90. The quantitative estimate of drug-likeness (QED) is 0.667. The molecule has 1 unspecified atom stereocenters. The maximum atomic E-state index is 13.0. The minimum atomic E-state index is -0.660. The lowest BCUT2D eigenvalue weighted by molar-refractivity contribution is -0.135. The van der Waals surface area contributed by atoms with Crippen molar-refractivity contribution in [1.82, 2.24) is 24.6 Å². The van der Waals surface area contributed by atoms with E-state index in [1.165, 1.54) is 10.7 Å². The molecule has 0 spiro atoms. The number of piperazine rings is 1. The third-order valence-corrected chi connectivity index (χ3v) is 5.64. The molecule has 4 rings (SSSR count). The number of nitrogens with zero attached hydrogens (tertiary/aromatic N) is 6. The van der Waals surface area contributed by atoms with E-state index >= 15 is 0 Å². The van der Waals surface area contributed by atoms with Gasteiger partial charge in [-0.2, -0.15) is 5.10 Å². The van der Waals surface area contributed by atoms with Gasteiger partial charge in [-0.25, -0.2) is 14.6 Å². The molecule has 144 valence electrons. The highest BCUT2D eigenvalue weighted by Gasteiger charge is 2.27. The Morgan fingerprint density at radius 2 is 1.82 bits per heavy atom. The van der Waals surface area contributed by atoms with Crippen molar-refractivity contribution in [2.45, 2.75) is 13.0 Å². The zero-order valence-electron chi connectivity index (χ0n) is 15.4. The van der Waals surface area contributed by atoms with Crippen molar-refractivity contribution in [3.05, 3.63) is 58.5 Å². The Morgan fingerprint density at radius 1 is 1.07 bits per heavy atom. The summed E-state index contributed by atoms with van der Waals surface area (Å²) in [6.45, 7) is 4.14. The summed E-state index contributed by atoms with van der Waals surface area (Å²) in [7, 11) is 0. The lowest BCUT2D eigenvalue weighted by Gasteiger charge is -2.35. The highest BCUT2D eigenvalue weighted by Crippen LogP contribution is 2.22. The van der Waals surface area contributed by atoms with Crippen LogP contribution in [0.15, 0.2) is 52.9 Å². The van der Waals surface area contributed by atoms with E-state index in [4.69, 9.17) is 0 Å². The molecule has 3 aromatic heterocycles. The summed E-state index contributed by atoms with van der Waals surface area (Å²) >= 11 is 1.55. The number of amides is 1. The van der Waals surface area contributed by atoms with Gasteiger partial charge in [-0.05, 0) is 30.5 Å². The molecule has 0 radical (unpaired) electrons. The smallest absolute Gasteiger partial charge is 0.267 e. The van der Waals surface area contributed by atoms with Crippen LogP contribution < -0.4 is 10.5 Å². The van der Waals surface area contributed by atoms with Gasteiger partial charge in [0.05, 0.1) is 4.88 Å². The molecular formula is C19H20N6O2S. The second-order valence-electron chi connectivity index (χ2n) is 6.52. The third-order valence-electron chi connectivity index (χ3n) is 4.75. The number of aromatic nitrogens is 4. The zero-order chi connectivity index (χ0) is 19.5. The largest absolute Gasteiger partial charge is 0.337 e. The van der Waals surface area contributed by atoms with Crippen LogP contribution in [0, 0.1) is 0 Å². The summed E-state index contributed by atoms with van der Waals surface area (Å²) in [6.07, 6.45) is 3.42. The number of thiophene rings is 1. The van der Waals surface area contributed by atoms with E-state index in [1.54, 1.807) is 47.7 Å². The molecule has 1 aliphatic heterocycles. The van der Waals surface area contributed by atoms with Crippen molar-refractivity contribution < 1.29 is 4.79 Å². The van der Waals surface area contributed by atoms with Crippen LogP contribution in [0.25, 0.3) is 10.6 Å². The molecule has 1 amide bonds. The van der Waals surface area contributed by atoms with E-state index in [0.717, 1.165) is 4.88 Å². The van der Waals surface area contributed by atoms with Gasteiger partial charge < -0.3 is 9.80 Å². The summed E-state index contributed by atoms with van der Waals surface area (Å²) in [5.41, 5.74) is 0.415. The third kappa shape index (κ3) is 3.65. The van der Waals surface area contributed by atoms with E-state index in [2.05, 4.69) is 20.0 Å². The van der Waals surface area contributed by atoms with Crippen LogP contribution in [0.5, 0.6) is 0 Å². The highest BCUT2D eigenvalue weighted by molar-refractivity contribution is 7.13. The first-order chi connectivity index (χ1) is 13.6. The van der Waals surface area contributed by atoms with Crippen molar-refractivity contribution in [3.8, 4) is 10.6 Å². The Bertz CT molecular complexity index is 997. The predicted molar refractivity (Wildman–Crippen MR) is 107 cm³/mol. The normalized spacial score (nSPS) is 15.5. The lowest BCUT2D eigenvalue weighted by atomic mass is 10.2. The van der Waals surface area contributed by atoms with E-state index in [0.29, 0.717) is 37.8 Å². The number of carbonyl (C=O) groups excluding carboxylic acids is 1. The molecule has 0 aromatic carbocycles. The molecule has 9 heteroatoms. The summed E-state index contributed by atoms with van der Waals surface area (Å²) in [6, 6.07) is 8.16. The van der Waals surface area contributed by atoms with Crippen LogP contribution in [0.3, 0.4) is 0 Å². The number of hydrogen-bond donors (Lipinski definition) is 0. The minimum Gasteiger partial charge on any atom is -0.337 e. The monoisotopic (exact) mass is 396 g/mol. The molecular weight excluding hydrogens is 376 g/mol. The SMILES string of the molecule is CC(C(=O)N1CCN(c2ncccn2)CC1)n1nc(-c2cccs2)ccc1=O. The number of hydrogen-bond acceptors (Lipinski definition) is 7. The first kappa shape index (κ1) is 18.3. The van der Waals surface area contributed by atoms with Gasteiger partial charge in [0.15, 0.2) is 0 Å². The van der Waals surface area contributed by atoms with Crippen molar-refractivity contribution >= 4 is 23.2 Å². The molecule has 1 saturated heterocycles. The van der Waals surface area contributed by atoms with Crippen molar-refractivity contribution in [2.75, 3.05) is 31.1 Å². The zero-order valence-corrected chi connectivity index (χ0v) is 16.2. The van der Waals surface area contributed by atoms with Crippen LogP contribution >= 0.6 is 11.3 Å². The highest BCUT2D eigenvalue weighted by atomic mass is 32.1. The first-order valence-electron chi connectivity index (χ1n) is 9.08. The van der Waals surface area contributed by atoms with Gasteiger partial charge in [0.25, 0.3) is 5.56 Å². The fraction of sp³-hybridized carbons (Fsp3) is 0.316. The molecule has 8 nitrogen and oxygen atoms in total. The maximum Gasteiger partial charge on any atom is 0.267 e. The van der Waals surface area contributed by atoms with E-state index in [9.17, 15) is 9.59 Å². The summed E-state index contributed by atoms with van der Waals surface area (Å²) in [4.78, 5) is 38.6. The molecule has 0 saturated carbocycles. The van der Waals surface area contributed by atoms with Crippen LogP contribution in [0.4, 0.5) is 5.95 Å². The molecule has 3 aromatic rings. The van der Waals surface area contributed by atoms with E-state index in [1.807, 2.05) is 17.5 Å². The van der Waals surface area contributed by atoms with Gasteiger partial charge in [-0.15, -0.1) is 11.3 Å². The average Bonchev–Trinajstić information content (AvgIpc) is 3.29. The van der Waals surface area contributed by atoms with Crippen LogP contribution in [0.2, 0.25) is 0 Å². The van der Waals surface area contributed by atoms with Crippen LogP contribution in [-0.4, -0.2) is 56.7 Å². The Labute approximate surface area is 166 Å². The Morgan fingerprint density at radius 3 is 2.50 bits per heavy atom. The number of rotatable bonds is 4. The summed E-state index contributed by atoms with van der Waals surface area (Å²) in [5.74, 6) is 0.566. The van der Waals surface area contributed by atoms with Gasteiger partial charge in [-0.1, -0.05) is 6.07 Å². The van der Waals surface area contributed by atoms with Crippen LogP contribution in [0.1, 0.15) is 13.0 Å². The Balaban J connectivity index is 1.47. The van der Waals surface area contributed by atoms with Gasteiger partial charge >= 0.3 is 0 Å². The Hall–Kier alpha value is -3.07. The second kappa shape index (κ2) is 7.89. The summed E-state index contributed by atoms with van der Waals surface area (Å²) < 4.78 is 1.28. The molecule has 1 atom stereocenters. The predicted octanol–water partition coefficient (Wildman–Crippen LogP) is 1.67. The van der Waals surface area contributed by atoms with Gasteiger partial charge in [0.2, 0.25) is 11.9 Å². The fourth-order valence-electron chi connectivity index (χ4n) is 3.21. The van der Waals surface area contributed by atoms with E-state index in [-0.39, 0.29) is 11.5 Å². The molecule has 28 heavy (non-hydrogen) atoms. The first-order valence-corrected chi connectivity index (χ1v) is 9.96. The average molecular weight is 396 g/mol.